The number of rotatable bonds is 38. The summed E-state index contributed by atoms with van der Waals surface area (Å²) in [5, 5.41) is 0. The molecule has 0 aromatic rings. The first-order chi connectivity index (χ1) is 36.0. The van der Waals surface area contributed by atoms with Crippen molar-refractivity contribution in [1.82, 2.24) is 0 Å². The Morgan fingerprint density at radius 1 is 0.114 bits per heavy atom. The van der Waals surface area contributed by atoms with E-state index < -0.39 is 300 Å². The monoisotopic (exact) mass is 10000 g/mol. The standard InChI is InChI=1S/I79/c1-41-43(4)45(6)47(8)49(10)51(12)53(14)55(16)57(18)59(20)61(22)63(24)65(26)67(28)69(30)71(32)73(34)75(36)77(38)79(40)78(39)76(37)74(35)72(33)70(31)68(29)66(27)64(25)62(23)60(21)58(19)56(17)54(15)52(13)50(11)48(9)46(7)44(5)42(2)3/q-1. The summed E-state index contributed by atoms with van der Waals surface area (Å²) < 4.78 is 0. The molecule has 0 amide bonds. The Morgan fingerprint density at radius 3 is 0.266 bits per heavy atom. The van der Waals surface area contributed by atoms with Gasteiger partial charge in [0.1, 0.15) is 0 Å². The van der Waals surface area contributed by atoms with Gasteiger partial charge in [0, 0.05) is 0 Å². The zero-order valence-corrected chi connectivity index (χ0v) is 200. The van der Waals surface area contributed by atoms with Crippen LogP contribution in [0.3, 0.4) is 0 Å². The Balaban J connectivity index is 5.80. The van der Waals surface area contributed by atoms with Crippen molar-refractivity contribution in [2.45, 2.75) is 0 Å². The molecule has 0 radical (unpaired) electrons. The first-order valence-electron chi connectivity index (χ1n) is 11.1. The predicted molar refractivity (Wildman–Crippen MR) is 1090 cm³/mol. The first kappa shape index (κ1) is 137. The summed E-state index contributed by atoms with van der Waals surface area (Å²) >= 11 is 135. The SMILES string of the molecule is I[I-]I(I)I(I)I(I)I(I)I(I)I(I)I(I)I(I)I(I)I(I)I(I)I(I)I(I)I(I)I(I)I(I)I(I)I(I)I(I)I(I)I(I)I(I)I(I)I(I)I(I)I(I)I(I)I(I)I(I)I(I)I(I)I(I)I(I)I(I)I(I)I(I)I(I)I(I)I. The van der Waals surface area contributed by atoms with Crippen LogP contribution in [0.2, 0.25) is 0 Å². The van der Waals surface area contributed by atoms with E-state index >= 15 is 0 Å². The van der Waals surface area contributed by atoms with E-state index in [9.17, 15) is 0 Å². The molecule has 0 aliphatic rings. The van der Waals surface area contributed by atoms with Gasteiger partial charge in [0.15, 0.2) is 0 Å². The van der Waals surface area contributed by atoms with Crippen LogP contribution in [0.15, 0.2) is 0 Å². The van der Waals surface area contributed by atoms with Gasteiger partial charge >= 0.3 is 1060 Å². The fourth-order valence-electron chi connectivity index (χ4n) is 1.13. The van der Waals surface area contributed by atoms with Crippen LogP contribution in [0, 0.1) is 0 Å². The Morgan fingerprint density at radius 2 is 0.190 bits per heavy atom. The molecule has 79 heavy (non-hydrogen) atoms. The second-order valence-corrected chi connectivity index (χ2v) is 1870. The molecule has 0 aromatic carbocycles. The second kappa shape index (κ2) is 82.5. The van der Waals surface area contributed by atoms with Gasteiger partial charge in [0.05, 0.1) is 0 Å². The van der Waals surface area contributed by atoms with E-state index in [-0.39, 0.29) is 0 Å². The summed E-state index contributed by atoms with van der Waals surface area (Å²) in [6.07, 6.45) is 0. The van der Waals surface area contributed by atoms with Gasteiger partial charge < -0.3 is 0 Å². The van der Waals surface area contributed by atoms with E-state index in [4.69, 9.17) is 0 Å². The van der Waals surface area contributed by atoms with Crippen LogP contribution in [0.5, 0.6) is 0 Å². The predicted octanol–water partition coefficient (Wildman–Crippen LogP) is 66.1. The molecule has 0 atom stereocenters. The first-order valence-corrected chi connectivity index (χ1v) is 501. The zero-order chi connectivity index (χ0) is 62.6. The van der Waals surface area contributed by atoms with Gasteiger partial charge in [-0.3, -0.25) is 0 Å². The molecular weight excluding hydrogens is 10000 g/mol. The normalized spacial score (nSPS) is 19.0. The molecule has 0 aliphatic carbocycles. The third-order valence-electron chi connectivity index (χ3n) is 3.06. The third-order valence-corrected chi connectivity index (χ3v) is 6200. The topological polar surface area (TPSA) is 0 Å². The molecule has 0 rings (SSSR count). The van der Waals surface area contributed by atoms with Crippen molar-refractivity contribution in [3.05, 3.63) is 0 Å². The van der Waals surface area contributed by atoms with Crippen molar-refractivity contribution in [2.75, 3.05) is 0 Å². The van der Waals surface area contributed by atoms with E-state index in [2.05, 4.69) is 745 Å². The van der Waals surface area contributed by atoms with E-state index in [0.717, 1.165) is 0 Å². The van der Waals surface area contributed by atoms with E-state index in [1.807, 2.05) is 0 Å². The summed E-state index contributed by atoms with van der Waals surface area (Å²) in [6.45, 7) is 0. The maximum absolute atomic E-state index is 3.46. The van der Waals surface area contributed by atoms with E-state index in [0.29, 0.717) is 13.3 Å². The fraction of sp³-hybridized carbons (Fsp3) is 0. The van der Waals surface area contributed by atoms with Crippen LogP contribution in [0.1, 0.15) is 0 Å². The third kappa shape index (κ3) is 56.2. The fourth-order valence-corrected chi connectivity index (χ4v) is 15300. The van der Waals surface area contributed by atoms with Crippen LogP contribution in [0.4, 0.5) is 0 Å². The molecule has 0 saturated heterocycles. The van der Waals surface area contributed by atoms with E-state index in [1.54, 1.807) is 0 Å². The van der Waals surface area contributed by atoms with Crippen molar-refractivity contribution in [3.63, 3.8) is 0 Å². The quantitative estimate of drug-likeness (QED) is 0.0541. The summed E-state index contributed by atoms with van der Waals surface area (Å²) in [5.41, 5.74) is 0. The van der Waals surface area contributed by atoms with Gasteiger partial charge in [-0.15, -0.1) is 0 Å². The maximum atomic E-state index is 3.46. The van der Waals surface area contributed by atoms with Crippen molar-refractivity contribution in [2.24, 2.45) is 0 Å². The summed E-state index contributed by atoms with van der Waals surface area (Å²) in [4.78, 5) is 0. The van der Waals surface area contributed by atoms with E-state index in [1.165, 1.54) is 0 Å². The number of halogens is 79. The van der Waals surface area contributed by atoms with Crippen molar-refractivity contribution >= 4 is 1040 Å². The summed E-state index contributed by atoms with van der Waals surface area (Å²) in [5.74, 6) is 0. The molecular formula is I79-. The zero-order valence-electron chi connectivity index (χ0n) is 29.9. The van der Waals surface area contributed by atoms with Gasteiger partial charge in [0.25, 0.3) is 0 Å². The molecule has 0 bridgehead atoms. The molecule has 554 valence electrons. The molecule has 0 heterocycles. The molecule has 0 fully saturated rings. The summed E-state index contributed by atoms with van der Waals surface area (Å²) in [6, 6.07) is 0. The van der Waals surface area contributed by atoms with Crippen molar-refractivity contribution in [3.8, 4) is 0 Å². The average Bonchev–Trinajstić information content (AvgIpc) is 3.45. The van der Waals surface area contributed by atoms with Crippen molar-refractivity contribution < 1.29 is 13.3 Å². The van der Waals surface area contributed by atoms with Crippen LogP contribution in [0.25, 0.3) is 0 Å². The van der Waals surface area contributed by atoms with Gasteiger partial charge in [-0.2, -0.15) is 0 Å². The minimum absolute atomic E-state index is 0.415. The van der Waals surface area contributed by atoms with Crippen molar-refractivity contribution in [1.29, 1.82) is 0 Å². The molecule has 0 aliphatic heterocycles. The minimum atomic E-state index is -0.636. The second-order valence-electron chi connectivity index (χ2n) is 6.21. The average molecular weight is 10000 g/mol. The molecule has 0 spiro atoms. The Kier molecular flexibility index (Phi) is 143. The molecule has 79 heteroatoms. The van der Waals surface area contributed by atoms with Gasteiger partial charge in [-0.1, -0.05) is 0 Å². The molecule has 0 N–H and O–H groups in total. The van der Waals surface area contributed by atoms with Crippen LogP contribution in [-0.4, -0.2) is 0 Å². The Bertz CT molecular complexity index is 1570. The van der Waals surface area contributed by atoms with Crippen LogP contribution < -0.4 is 13.3 Å². The number of hydrogen-bond donors (Lipinski definition) is 0. The molecule has 0 nitrogen and oxygen atoms in total. The van der Waals surface area contributed by atoms with Crippen LogP contribution in [-0.2, 0) is 0 Å². The van der Waals surface area contributed by atoms with Gasteiger partial charge in [-0.05, 0) is 0 Å². The van der Waals surface area contributed by atoms with Gasteiger partial charge in [0.2, 0.25) is 0 Å². The molecule has 0 saturated carbocycles. The molecule has 0 unspecified atom stereocenters. The van der Waals surface area contributed by atoms with Crippen LogP contribution >= 0.6 is 1040 Å². The number of hydrogen-bond acceptors (Lipinski definition) is 0. The van der Waals surface area contributed by atoms with Gasteiger partial charge in [-0.25, -0.2) is 0 Å². The molecule has 0 aromatic heterocycles. The summed E-state index contributed by atoms with van der Waals surface area (Å²) in [7, 11) is -22.2. The Hall–Kier alpha value is 57.7. The Labute approximate surface area is 993 Å².